The van der Waals surface area contributed by atoms with Gasteiger partial charge in [-0.3, -0.25) is 13.9 Å². The van der Waals surface area contributed by atoms with Crippen molar-refractivity contribution in [2.75, 3.05) is 11.1 Å². The van der Waals surface area contributed by atoms with Gasteiger partial charge in [0.15, 0.2) is 0 Å². The van der Waals surface area contributed by atoms with Gasteiger partial charge >= 0.3 is 5.69 Å². The molecule has 0 aliphatic rings. The molecule has 3 rings (SSSR count). The van der Waals surface area contributed by atoms with Gasteiger partial charge in [-0.2, -0.15) is 0 Å². The lowest BCUT2D eigenvalue weighted by atomic mass is 10.3. The molecule has 0 aliphatic heterocycles. The molecule has 7 nitrogen and oxygen atoms in total. The summed E-state index contributed by atoms with van der Waals surface area (Å²) < 4.78 is 3.42. The highest BCUT2D eigenvalue weighted by atomic mass is 35.5. The molecule has 0 radical (unpaired) electrons. The van der Waals surface area contributed by atoms with E-state index in [4.69, 9.17) is 5.73 Å². The minimum atomic E-state index is -0.175. The second-order valence-electron chi connectivity index (χ2n) is 5.84. The first-order chi connectivity index (χ1) is 12.1. The zero-order valence-corrected chi connectivity index (χ0v) is 15.3. The number of anilines is 2. The van der Waals surface area contributed by atoms with E-state index < -0.39 is 0 Å². The van der Waals surface area contributed by atoms with E-state index in [2.05, 4.69) is 10.3 Å². The van der Waals surface area contributed by atoms with Crippen LogP contribution < -0.4 is 16.7 Å². The van der Waals surface area contributed by atoms with Gasteiger partial charge < -0.3 is 11.1 Å². The van der Waals surface area contributed by atoms with Crippen LogP contribution in [0.15, 0.2) is 47.4 Å². The number of imidazole rings is 1. The van der Waals surface area contributed by atoms with E-state index in [-0.39, 0.29) is 30.4 Å². The Balaban J connectivity index is 0.00000243. The summed E-state index contributed by atoms with van der Waals surface area (Å²) in [6, 6.07) is 11.0. The van der Waals surface area contributed by atoms with Crippen LogP contribution in [-0.4, -0.2) is 20.0 Å². The molecule has 3 N–H and O–H groups in total. The number of halogens is 1. The molecule has 0 saturated heterocycles. The first kappa shape index (κ1) is 19.5. The summed E-state index contributed by atoms with van der Waals surface area (Å²) in [4.78, 5) is 28.7. The van der Waals surface area contributed by atoms with Crippen LogP contribution in [-0.2, 0) is 17.9 Å². The van der Waals surface area contributed by atoms with Crippen molar-refractivity contribution in [2.24, 2.45) is 0 Å². The van der Waals surface area contributed by atoms with Crippen LogP contribution >= 0.6 is 12.4 Å². The summed E-state index contributed by atoms with van der Waals surface area (Å²) in [5.74, 6) is 0.221. The van der Waals surface area contributed by atoms with Gasteiger partial charge in [0.1, 0.15) is 5.82 Å². The number of aromatic nitrogens is 3. The van der Waals surface area contributed by atoms with Crippen molar-refractivity contribution in [1.82, 2.24) is 14.1 Å². The van der Waals surface area contributed by atoms with E-state index in [9.17, 15) is 9.59 Å². The van der Waals surface area contributed by atoms with Gasteiger partial charge in [-0.1, -0.05) is 19.1 Å². The van der Waals surface area contributed by atoms with Crippen LogP contribution in [0.4, 0.5) is 11.5 Å². The van der Waals surface area contributed by atoms with E-state index in [1.807, 2.05) is 31.2 Å². The molecule has 0 bridgehead atoms. The van der Waals surface area contributed by atoms with Crippen LogP contribution in [0.3, 0.4) is 0 Å². The maximum atomic E-state index is 12.7. The van der Waals surface area contributed by atoms with Crippen LogP contribution in [0, 0.1) is 0 Å². The average Bonchev–Trinajstić information content (AvgIpc) is 2.88. The van der Waals surface area contributed by atoms with Crippen molar-refractivity contribution in [3.8, 4) is 0 Å². The highest BCUT2D eigenvalue weighted by Gasteiger charge is 2.13. The minimum Gasteiger partial charge on any atom is -0.384 e. The standard InChI is InChI=1S/C18H21N5O2.ClH/c1-2-10-22-14-5-3-4-6-15(14)23(18(22)25)11-9-17(24)21-13-7-8-16(19)20-12-13;/h3-8,12H,2,9-11H2,1H3,(H2,19,20)(H,21,24);1H. The van der Waals surface area contributed by atoms with Crippen molar-refractivity contribution in [3.63, 3.8) is 0 Å². The number of pyridine rings is 1. The summed E-state index contributed by atoms with van der Waals surface area (Å²) in [6.07, 6.45) is 2.58. The van der Waals surface area contributed by atoms with Crippen molar-refractivity contribution in [2.45, 2.75) is 32.9 Å². The Morgan fingerprint density at radius 2 is 1.77 bits per heavy atom. The second-order valence-corrected chi connectivity index (χ2v) is 5.84. The van der Waals surface area contributed by atoms with E-state index in [1.165, 1.54) is 6.20 Å². The van der Waals surface area contributed by atoms with Gasteiger partial charge in [-0.25, -0.2) is 9.78 Å². The highest BCUT2D eigenvalue weighted by Crippen LogP contribution is 2.14. The molecule has 3 aromatic rings. The Hall–Kier alpha value is -2.80. The van der Waals surface area contributed by atoms with Crippen molar-refractivity contribution < 1.29 is 4.79 Å². The lowest BCUT2D eigenvalue weighted by Crippen LogP contribution is -2.26. The Labute approximate surface area is 157 Å². The van der Waals surface area contributed by atoms with Gasteiger partial charge in [0, 0.05) is 19.5 Å². The Morgan fingerprint density at radius 3 is 2.35 bits per heavy atom. The fourth-order valence-electron chi connectivity index (χ4n) is 2.84. The van der Waals surface area contributed by atoms with E-state index in [1.54, 1.807) is 21.3 Å². The quantitative estimate of drug-likeness (QED) is 0.692. The third kappa shape index (κ3) is 4.05. The van der Waals surface area contributed by atoms with Crippen molar-refractivity contribution >= 4 is 40.9 Å². The fraction of sp³-hybridized carbons (Fsp3) is 0.278. The average molecular weight is 376 g/mol. The molecule has 0 unspecified atom stereocenters. The zero-order chi connectivity index (χ0) is 17.8. The largest absolute Gasteiger partial charge is 0.384 e. The minimum absolute atomic E-state index is 0. The summed E-state index contributed by atoms with van der Waals surface area (Å²) in [7, 11) is 0. The lowest BCUT2D eigenvalue weighted by molar-refractivity contribution is -0.116. The van der Waals surface area contributed by atoms with Gasteiger partial charge in [0.25, 0.3) is 0 Å². The number of fused-ring (bicyclic) bond motifs is 1. The first-order valence-electron chi connectivity index (χ1n) is 8.29. The SMILES string of the molecule is CCCn1c(=O)n(CCC(=O)Nc2ccc(N)nc2)c2ccccc21.Cl. The number of hydrogen-bond donors (Lipinski definition) is 2. The van der Waals surface area contributed by atoms with Crippen LogP contribution in [0.25, 0.3) is 11.0 Å². The smallest absolute Gasteiger partial charge is 0.329 e. The van der Waals surface area contributed by atoms with Crippen LogP contribution in [0.1, 0.15) is 19.8 Å². The fourth-order valence-corrected chi connectivity index (χ4v) is 2.84. The number of nitrogens with two attached hydrogens (primary N) is 1. The predicted molar refractivity (Wildman–Crippen MR) is 106 cm³/mol. The first-order valence-corrected chi connectivity index (χ1v) is 8.29. The van der Waals surface area contributed by atoms with E-state index >= 15 is 0 Å². The number of carbonyl (C=O) groups excluding carboxylic acids is 1. The number of hydrogen-bond acceptors (Lipinski definition) is 4. The lowest BCUT2D eigenvalue weighted by Gasteiger charge is -2.06. The normalized spacial score (nSPS) is 10.5. The Bertz CT molecular complexity index is 946. The number of para-hydroxylation sites is 2. The molecule has 2 heterocycles. The van der Waals surface area contributed by atoms with Crippen LogP contribution in [0.2, 0.25) is 0 Å². The molecule has 138 valence electrons. The number of benzene rings is 1. The Kier molecular flexibility index (Phi) is 6.41. The molecule has 8 heteroatoms. The topological polar surface area (TPSA) is 94.9 Å². The van der Waals surface area contributed by atoms with E-state index in [0.717, 1.165) is 17.5 Å². The summed E-state index contributed by atoms with van der Waals surface area (Å²) in [6.45, 7) is 3.02. The predicted octanol–water partition coefficient (Wildman–Crippen LogP) is 2.64. The molecule has 0 fully saturated rings. The molecule has 1 amide bonds. The van der Waals surface area contributed by atoms with Gasteiger partial charge in [-0.15, -0.1) is 12.4 Å². The summed E-state index contributed by atoms with van der Waals surface area (Å²) in [5.41, 5.74) is 7.78. The van der Waals surface area contributed by atoms with Gasteiger partial charge in [0.2, 0.25) is 5.91 Å². The number of carbonyl (C=O) groups is 1. The van der Waals surface area contributed by atoms with Crippen LogP contribution in [0.5, 0.6) is 0 Å². The third-order valence-corrected chi connectivity index (χ3v) is 4.00. The number of nitrogens with zero attached hydrogens (tertiary/aromatic N) is 3. The second kappa shape index (κ2) is 8.53. The molecule has 1 aromatic carbocycles. The summed E-state index contributed by atoms with van der Waals surface area (Å²) in [5, 5.41) is 2.76. The number of aryl methyl sites for hydroxylation is 2. The van der Waals surface area contributed by atoms with Crippen molar-refractivity contribution in [3.05, 3.63) is 53.1 Å². The number of amides is 1. The maximum absolute atomic E-state index is 12.7. The van der Waals surface area contributed by atoms with Crippen molar-refractivity contribution in [1.29, 1.82) is 0 Å². The number of nitrogens with one attached hydrogen (secondary N) is 1. The molecule has 2 aromatic heterocycles. The molecule has 0 spiro atoms. The Morgan fingerprint density at radius 1 is 1.12 bits per heavy atom. The molecule has 0 aliphatic carbocycles. The monoisotopic (exact) mass is 375 g/mol. The molecular weight excluding hydrogens is 354 g/mol. The summed E-state index contributed by atoms with van der Waals surface area (Å²) >= 11 is 0. The number of rotatable bonds is 6. The zero-order valence-electron chi connectivity index (χ0n) is 14.5. The molecule has 0 saturated carbocycles. The number of nitrogen functional groups attached to an aromatic ring is 1. The van der Waals surface area contributed by atoms with E-state index in [0.29, 0.717) is 24.6 Å². The molecular formula is C18H22ClN5O2. The third-order valence-electron chi connectivity index (χ3n) is 4.00. The maximum Gasteiger partial charge on any atom is 0.329 e. The molecule has 26 heavy (non-hydrogen) atoms. The van der Waals surface area contributed by atoms with Gasteiger partial charge in [-0.05, 0) is 30.7 Å². The molecule has 0 atom stereocenters. The van der Waals surface area contributed by atoms with Gasteiger partial charge in [0.05, 0.1) is 22.9 Å². The highest BCUT2D eigenvalue weighted by molar-refractivity contribution is 5.90.